The Balaban J connectivity index is 5.30. The van der Waals surface area contributed by atoms with Crippen LogP contribution in [0.3, 0.4) is 0 Å². The molecule has 0 aliphatic rings. The maximum atomic E-state index is 7.06. The minimum atomic E-state index is -3.36. The summed E-state index contributed by atoms with van der Waals surface area (Å²) in [5, 5.41) is 0. The van der Waals surface area contributed by atoms with Gasteiger partial charge in [-0.2, -0.15) is 0 Å². The third-order valence-electron chi connectivity index (χ3n) is 0.110. The summed E-state index contributed by atoms with van der Waals surface area (Å²) in [5.74, 6) is -3.09. The van der Waals surface area contributed by atoms with E-state index in [2.05, 4.69) is 0 Å². The van der Waals surface area contributed by atoms with Crippen LogP contribution in [0.2, 0.25) is 0 Å². The molecule has 0 bridgehead atoms. The summed E-state index contributed by atoms with van der Waals surface area (Å²) < 4.78 is 62.2. The van der Waals surface area contributed by atoms with Gasteiger partial charge in [-0.05, 0) is 6.37 Å². The van der Waals surface area contributed by atoms with E-state index in [4.69, 9.17) is 23.9 Å². The van der Waals surface area contributed by atoms with Gasteiger partial charge in [-0.1, -0.05) is 13.2 Å². The molecule has 0 saturated carbocycles. The van der Waals surface area contributed by atoms with Crippen LogP contribution in [-0.2, 0) is 0 Å². The van der Waals surface area contributed by atoms with Gasteiger partial charge in [-0.3, -0.25) is 0 Å². The van der Waals surface area contributed by atoms with Crippen molar-refractivity contribution in [3.8, 4) is 0 Å². The fraction of sp³-hybridized carbons (Fsp3) is 1.00. The van der Waals surface area contributed by atoms with E-state index in [1.54, 1.807) is 0 Å². The third kappa shape index (κ3) is 4.29. The average Bonchev–Trinajstić information content (AvgIpc) is 1.81. The highest BCUT2D eigenvalue weighted by Gasteiger charge is 1.70. The van der Waals surface area contributed by atoms with Crippen molar-refractivity contribution in [2.75, 3.05) is 5.83 Å². The maximum absolute atomic E-state index is 7.06. The first-order valence-corrected chi connectivity index (χ1v) is 1.32. The molecule has 0 aromatic rings. The first-order valence-electron chi connectivity index (χ1n) is 5.44. The van der Waals surface area contributed by atoms with Crippen molar-refractivity contribution in [1.82, 2.24) is 0 Å². The van der Waals surface area contributed by atoms with Crippen molar-refractivity contribution in [1.29, 1.82) is 0 Å². The zero-order valence-corrected chi connectivity index (χ0v) is 3.13. The molecular formula is C4H9Cl. The smallest absolute Gasteiger partial charge is 0.0435 e. The van der Waals surface area contributed by atoms with Crippen molar-refractivity contribution in [2.45, 2.75) is 19.6 Å². The Morgan fingerprint density at radius 1 is 2.20 bits per heavy atom. The van der Waals surface area contributed by atoms with Crippen molar-refractivity contribution < 1.29 is 12.3 Å². The molecule has 0 amide bonds. The Bertz CT molecular complexity index is 186. The summed E-state index contributed by atoms with van der Waals surface area (Å²) in [6.07, 6.45) is -6.67. The van der Waals surface area contributed by atoms with Gasteiger partial charge >= 0.3 is 0 Å². The lowest BCUT2D eigenvalue weighted by atomic mass is 10.4. The Morgan fingerprint density at radius 3 is 3.20 bits per heavy atom. The van der Waals surface area contributed by atoms with Crippen LogP contribution in [0.4, 0.5) is 0 Å². The van der Waals surface area contributed by atoms with E-state index >= 15 is 0 Å². The fourth-order valence-electron chi connectivity index (χ4n) is 0.0236. The van der Waals surface area contributed by atoms with Gasteiger partial charge < -0.3 is 0 Å². The number of hydrogen-bond acceptors (Lipinski definition) is 0. The van der Waals surface area contributed by atoms with Crippen LogP contribution in [-0.4, -0.2) is 5.83 Å². The highest BCUT2D eigenvalue weighted by atomic mass is 35.5. The molecule has 0 aliphatic carbocycles. The van der Waals surface area contributed by atoms with Crippen molar-refractivity contribution in [3.63, 3.8) is 0 Å². The molecule has 1 heteroatoms. The van der Waals surface area contributed by atoms with Crippen LogP contribution >= 0.6 is 11.6 Å². The number of hydrogen-bond donors (Lipinski definition) is 0. The zero-order valence-electron chi connectivity index (χ0n) is 11.4. The van der Waals surface area contributed by atoms with E-state index in [-0.39, 0.29) is 0 Å². The lowest BCUT2D eigenvalue weighted by Crippen LogP contribution is -1.65. The van der Waals surface area contributed by atoms with Gasteiger partial charge in [0, 0.05) is 18.2 Å². The molecule has 0 aromatic carbocycles. The molecule has 0 fully saturated rings. The van der Waals surface area contributed by atoms with Gasteiger partial charge in [0.1, 0.15) is 0 Å². The monoisotopic (exact) mass is 101 g/mol. The largest absolute Gasteiger partial charge is 0.127 e. The van der Waals surface area contributed by atoms with E-state index in [0.29, 0.717) is 0 Å². The molecule has 0 saturated heterocycles. The van der Waals surface area contributed by atoms with E-state index < -0.39 is 25.4 Å². The Hall–Kier alpha value is 0.290. The van der Waals surface area contributed by atoms with Crippen molar-refractivity contribution in [3.05, 3.63) is 0 Å². The highest BCUT2D eigenvalue weighted by molar-refractivity contribution is 6.17. The van der Waals surface area contributed by atoms with E-state index in [9.17, 15) is 0 Å². The molecule has 0 heterocycles. The van der Waals surface area contributed by atoms with E-state index in [0.717, 1.165) is 0 Å². The van der Waals surface area contributed by atoms with Gasteiger partial charge in [0.05, 0.1) is 0 Å². The highest BCUT2D eigenvalue weighted by Crippen LogP contribution is 1.86. The first kappa shape index (κ1) is 0.551. The SMILES string of the molecule is [2H]C([2H])([2H])C([2H])([2H])C([2H])([2H])C([2H])([2H])Cl. The van der Waals surface area contributed by atoms with Gasteiger partial charge in [0.2, 0.25) is 0 Å². The van der Waals surface area contributed by atoms with Gasteiger partial charge in [-0.25, -0.2) is 0 Å². The predicted octanol–water partition coefficient (Wildman–Crippen LogP) is 2.03. The van der Waals surface area contributed by atoms with Gasteiger partial charge in [-0.15, -0.1) is 11.6 Å². The predicted molar refractivity (Wildman–Crippen MR) is 25.6 cm³/mol. The standard InChI is InChI=1S/C4H9Cl/c1-2-3-4-5/h2-4H2,1H3/i1D3,2D2,3D2,4D2. The van der Waals surface area contributed by atoms with Crippen molar-refractivity contribution in [2.24, 2.45) is 0 Å². The van der Waals surface area contributed by atoms with Crippen molar-refractivity contribution >= 4 is 11.6 Å². The number of rotatable bonds is 2. The molecule has 0 N–H and O–H groups in total. The quantitative estimate of drug-likeness (QED) is 0.467. The molecule has 0 radical (unpaired) electrons. The molecule has 0 rings (SSSR count). The first-order chi connectivity index (χ1) is 5.75. The summed E-state index contributed by atoms with van der Waals surface area (Å²) in [6.45, 7) is -3.28. The summed E-state index contributed by atoms with van der Waals surface area (Å²) in [5.41, 5.74) is 0. The molecular weight excluding hydrogens is 83.5 g/mol. The van der Waals surface area contributed by atoms with Crippen LogP contribution in [0, 0.1) is 0 Å². The van der Waals surface area contributed by atoms with Crippen LogP contribution in [0.25, 0.3) is 0 Å². The lowest BCUT2D eigenvalue weighted by molar-refractivity contribution is 0.892. The topological polar surface area (TPSA) is 0 Å². The third-order valence-corrected chi connectivity index (χ3v) is 0.204. The van der Waals surface area contributed by atoms with Crippen LogP contribution in [0.1, 0.15) is 31.9 Å². The summed E-state index contributed by atoms with van der Waals surface area (Å²) in [7, 11) is 0. The normalized spacial score (nSPS) is 46.2. The summed E-state index contributed by atoms with van der Waals surface area (Å²) in [4.78, 5) is 0. The molecule has 0 spiro atoms. The van der Waals surface area contributed by atoms with E-state index in [1.807, 2.05) is 0 Å². The molecule has 0 aliphatic heterocycles. The van der Waals surface area contributed by atoms with Gasteiger partial charge in [0.15, 0.2) is 0 Å². The maximum Gasteiger partial charge on any atom is 0.0435 e. The second-order valence-electron chi connectivity index (χ2n) is 0.344. The molecule has 0 aromatic heterocycles. The molecule has 0 nitrogen and oxygen atoms in total. The fourth-order valence-corrected chi connectivity index (χ4v) is 0.0709. The van der Waals surface area contributed by atoms with E-state index in [1.165, 1.54) is 0 Å². The summed E-state index contributed by atoms with van der Waals surface area (Å²) >= 11 is 4.98. The molecule has 5 heavy (non-hydrogen) atoms. The molecule has 0 unspecified atom stereocenters. The second-order valence-corrected chi connectivity index (χ2v) is 0.533. The Kier molecular flexibility index (Phi) is 0.473. The average molecular weight is 102 g/mol. The zero-order chi connectivity index (χ0) is 12.0. The second kappa shape index (κ2) is 4.29. The summed E-state index contributed by atoms with van der Waals surface area (Å²) in [6, 6.07) is 0. The van der Waals surface area contributed by atoms with Crippen LogP contribution < -0.4 is 0 Å². The number of alkyl halides is 1. The number of halogens is 1. The molecule has 32 valence electrons. The van der Waals surface area contributed by atoms with Crippen LogP contribution in [0.15, 0.2) is 0 Å². The van der Waals surface area contributed by atoms with Gasteiger partial charge in [0.25, 0.3) is 0 Å². The van der Waals surface area contributed by atoms with Crippen LogP contribution in [0.5, 0.6) is 0 Å². The Morgan fingerprint density at radius 2 is 3.00 bits per heavy atom. The molecule has 0 atom stereocenters. The Labute approximate surface area is 50.8 Å². The minimum absolute atomic E-state index is 3.09. The minimum Gasteiger partial charge on any atom is -0.127 e. The lowest BCUT2D eigenvalue weighted by Gasteiger charge is -1.77.